The van der Waals surface area contributed by atoms with Crippen LogP contribution >= 0.6 is 0 Å². The molecule has 3 aromatic carbocycles. The van der Waals surface area contributed by atoms with Crippen LogP contribution in [0.5, 0.6) is 0 Å². The molecule has 2 heterocycles. The first-order valence-corrected chi connectivity index (χ1v) is 17.0. The molecule has 3 amide bonds. The Bertz CT molecular complexity index is 1950. The number of carbonyl (C=O) groups is 3. The molecule has 4 aromatic rings. The van der Waals surface area contributed by atoms with Gasteiger partial charge in [0, 0.05) is 42.9 Å². The van der Waals surface area contributed by atoms with E-state index in [9.17, 15) is 24.0 Å². The Kier molecular flexibility index (Phi) is 8.70. The van der Waals surface area contributed by atoms with E-state index in [1.165, 1.54) is 12.1 Å². The fourth-order valence-corrected chi connectivity index (χ4v) is 7.99. The number of piperidine rings is 1. The number of fused-ring (bicyclic) bond motifs is 3. The van der Waals surface area contributed by atoms with Crippen molar-refractivity contribution in [2.75, 3.05) is 20.6 Å². The van der Waals surface area contributed by atoms with Crippen molar-refractivity contribution in [3.63, 3.8) is 0 Å². The number of H-pyrrole nitrogens is 1. The van der Waals surface area contributed by atoms with Gasteiger partial charge in [-0.05, 0) is 116 Å². The van der Waals surface area contributed by atoms with Crippen LogP contribution in [0, 0.1) is 23.1 Å². The second kappa shape index (κ2) is 13.1. The van der Waals surface area contributed by atoms with E-state index in [0.29, 0.717) is 53.5 Å². The zero-order valence-electron chi connectivity index (χ0n) is 28.2. The molecule has 2 aliphatic carbocycles. The molecule has 0 bridgehead atoms. The van der Waals surface area contributed by atoms with Crippen LogP contribution in [0.25, 0.3) is 11.4 Å². The van der Waals surface area contributed by atoms with E-state index in [-0.39, 0.29) is 42.2 Å². The molecule has 11 nitrogen and oxygen atoms in total. The zero-order chi connectivity index (χ0) is 35.2. The summed E-state index contributed by atoms with van der Waals surface area (Å²) in [6, 6.07) is 19.1. The molecule has 7 rings (SSSR count). The minimum atomic E-state index is -0.977. The first-order chi connectivity index (χ1) is 24.2. The Morgan fingerprint density at radius 2 is 1.60 bits per heavy atom. The molecule has 4 atom stereocenters. The van der Waals surface area contributed by atoms with Crippen molar-refractivity contribution in [3.05, 3.63) is 106 Å². The van der Waals surface area contributed by atoms with Gasteiger partial charge in [-0.3, -0.25) is 19.5 Å². The minimum absolute atomic E-state index is 0.0703. The monoisotopic (exact) mass is 674 g/mol. The van der Waals surface area contributed by atoms with E-state index in [1.54, 1.807) is 43.3 Å². The van der Waals surface area contributed by atoms with Gasteiger partial charge in [0.2, 0.25) is 5.91 Å². The van der Waals surface area contributed by atoms with Crippen LogP contribution in [0.1, 0.15) is 75.0 Å². The van der Waals surface area contributed by atoms with Gasteiger partial charge in [0.15, 0.2) is 5.82 Å². The summed E-state index contributed by atoms with van der Waals surface area (Å²) in [5, 5.41) is 26.4. The molecule has 50 heavy (non-hydrogen) atoms. The molecule has 1 unspecified atom stereocenters. The van der Waals surface area contributed by atoms with Crippen LogP contribution in [0.3, 0.4) is 0 Å². The van der Waals surface area contributed by atoms with Crippen LogP contribution in [0.15, 0.2) is 60.7 Å². The number of rotatable bonds is 9. The molecule has 1 saturated heterocycles. The molecular formula is C38H39FN8O3. The molecule has 256 valence electrons. The van der Waals surface area contributed by atoms with Gasteiger partial charge in [0.25, 0.3) is 11.8 Å². The van der Waals surface area contributed by atoms with Gasteiger partial charge in [-0.15, -0.1) is 0 Å². The van der Waals surface area contributed by atoms with Crippen molar-refractivity contribution in [1.29, 1.82) is 5.26 Å². The first kappa shape index (κ1) is 33.1. The maximum atomic E-state index is 13.8. The molecule has 0 radical (unpaired) electrons. The predicted molar refractivity (Wildman–Crippen MR) is 184 cm³/mol. The highest BCUT2D eigenvalue weighted by atomic mass is 19.1. The SMILES string of the molecule is CNC(=O)c1ccc2c(c1)CCc1cc(C(=O)NC)ccc1C2(C[C@H](C)NCC(=O)N1C(C#N)C[C@@H]2C[C@@H]21)c1nc(-c2ccc(F)cc2)n[nH]1. The molecular weight excluding hydrogens is 635 g/mol. The summed E-state index contributed by atoms with van der Waals surface area (Å²) in [4.78, 5) is 45.9. The standard InChI is InChI=1S/C38H39FN8O3/c1-21(43-20-33(48)47-29(19-40)16-27-17-32(27)47)18-38(37-44-34(45-46-37)22-6-10-28(39)11-7-22)30-12-8-25(35(49)41-2)14-23(30)4-5-24-15-26(36(50)42-3)9-13-31(24)38/h6-15,21,27,29,32,43H,4-5,16-18,20H2,1-3H3,(H,41,49)(H,42,50)(H,44,45,46)/t21-,27+,29?,32-/m0/s1. The molecule has 12 heteroatoms. The largest absolute Gasteiger partial charge is 0.355 e. The van der Waals surface area contributed by atoms with Gasteiger partial charge in [-0.2, -0.15) is 10.4 Å². The van der Waals surface area contributed by atoms with Crippen LogP contribution in [-0.4, -0.2) is 76.6 Å². The Balaban J connectivity index is 1.35. The maximum Gasteiger partial charge on any atom is 0.251 e. The summed E-state index contributed by atoms with van der Waals surface area (Å²) >= 11 is 0. The van der Waals surface area contributed by atoms with Crippen LogP contribution in [-0.2, 0) is 23.1 Å². The lowest BCUT2D eigenvalue weighted by molar-refractivity contribution is -0.131. The number of hydrogen-bond donors (Lipinski definition) is 4. The highest BCUT2D eigenvalue weighted by Gasteiger charge is 2.54. The fourth-order valence-electron chi connectivity index (χ4n) is 7.99. The van der Waals surface area contributed by atoms with Crippen molar-refractivity contribution >= 4 is 17.7 Å². The number of likely N-dealkylation sites (tertiary alicyclic amines) is 1. The lowest BCUT2D eigenvalue weighted by atomic mass is 9.67. The molecule has 1 aromatic heterocycles. The number of nitriles is 1. The van der Waals surface area contributed by atoms with Gasteiger partial charge >= 0.3 is 0 Å². The molecule has 1 aliphatic heterocycles. The molecule has 0 spiro atoms. The second-order valence-electron chi connectivity index (χ2n) is 13.6. The third-order valence-electron chi connectivity index (χ3n) is 10.5. The Morgan fingerprint density at radius 1 is 0.980 bits per heavy atom. The van der Waals surface area contributed by atoms with Crippen molar-refractivity contribution < 1.29 is 18.8 Å². The van der Waals surface area contributed by atoms with Crippen LogP contribution < -0.4 is 16.0 Å². The Morgan fingerprint density at radius 3 is 2.18 bits per heavy atom. The van der Waals surface area contributed by atoms with Gasteiger partial charge in [0.1, 0.15) is 17.7 Å². The van der Waals surface area contributed by atoms with E-state index in [1.807, 2.05) is 31.2 Å². The fraction of sp³-hybridized carbons (Fsp3) is 0.368. The van der Waals surface area contributed by atoms with Gasteiger partial charge < -0.3 is 20.9 Å². The zero-order valence-corrected chi connectivity index (χ0v) is 28.2. The van der Waals surface area contributed by atoms with Gasteiger partial charge in [-0.1, -0.05) is 12.1 Å². The Hall–Kier alpha value is -5.41. The van der Waals surface area contributed by atoms with Crippen molar-refractivity contribution in [2.24, 2.45) is 5.92 Å². The van der Waals surface area contributed by atoms with E-state index in [0.717, 1.165) is 35.1 Å². The quantitative estimate of drug-likeness (QED) is 0.211. The number of nitrogens with one attached hydrogen (secondary N) is 4. The number of amides is 3. The third-order valence-corrected chi connectivity index (χ3v) is 10.5. The predicted octanol–water partition coefficient (Wildman–Crippen LogP) is 3.64. The van der Waals surface area contributed by atoms with Crippen molar-refractivity contribution in [1.82, 2.24) is 36.0 Å². The summed E-state index contributed by atoms with van der Waals surface area (Å²) in [7, 11) is 3.19. The number of aromatic nitrogens is 3. The Labute approximate surface area is 289 Å². The normalized spacial score (nSPS) is 20.4. The van der Waals surface area contributed by atoms with E-state index >= 15 is 0 Å². The number of halogens is 1. The average Bonchev–Trinajstić information content (AvgIpc) is 3.57. The van der Waals surface area contributed by atoms with Gasteiger partial charge in [-0.25, -0.2) is 9.37 Å². The van der Waals surface area contributed by atoms with E-state index in [4.69, 9.17) is 4.98 Å². The summed E-state index contributed by atoms with van der Waals surface area (Å²) in [6.07, 6.45) is 3.30. The van der Waals surface area contributed by atoms with Gasteiger partial charge in [0.05, 0.1) is 18.0 Å². The number of aromatic amines is 1. The smallest absolute Gasteiger partial charge is 0.251 e. The van der Waals surface area contributed by atoms with Crippen LogP contribution in [0.4, 0.5) is 4.39 Å². The highest BCUT2D eigenvalue weighted by Crippen LogP contribution is 2.49. The summed E-state index contributed by atoms with van der Waals surface area (Å²) in [5.41, 5.74) is 4.43. The molecule has 3 aliphatic rings. The number of hydrogen-bond acceptors (Lipinski definition) is 7. The average molecular weight is 675 g/mol. The topological polar surface area (TPSA) is 156 Å². The molecule has 2 fully saturated rings. The van der Waals surface area contributed by atoms with Crippen molar-refractivity contribution in [3.8, 4) is 17.5 Å². The van der Waals surface area contributed by atoms with Crippen molar-refractivity contribution in [2.45, 2.75) is 62.6 Å². The number of nitrogens with zero attached hydrogens (tertiary/aromatic N) is 4. The second-order valence-corrected chi connectivity index (χ2v) is 13.6. The lowest BCUT2D eigenvalue weighted by Crippen LogP contribution is -2.46. The van der Waals surface area contributed by atoms with Crippen LogP contribution in [0.2, 0.25) is 0 Å². The number of aryl methyl sites for hydroxylation is 2. The number of benzene rings is 3. The summed E-state index contributed by atoms with van der Waals surface area (Å²) in [5.74, 6) is 0.479. The maximum absolute atomic E-state index is 13.8. The third kappa shape index (κ3) is 5.81. The minimum Gasteiger partial charge on any atom is -0.355 e. The first-order valence-electron chi connectivity index (χ1n) is 17.0. The highest BCUT2D eigenvalue weighted by molar-refractivity contribution is 5.95. The molecule has 4 N–H and O–H groups in total. The lowest BCUT2D eigenvalue weighted by Gasteiger charge is -2.37. The van der Waals surface area contributed by atoms with E-state index in [2.05, 4.69) is 32.2 Å². The summed E-state index contributed by atoms with van der Waals surface area (Å²) < 4.78 is 13.8. The van der Waals surface area contributed by atoms with E-state index < -0.39 is 11.5 Å². The summed E-state index contributed by atoms with van der Waals surface area (Å²) in [6.45, 7) is 2.08. The molecule has 1 saturated carbocycles. The number of carbonyl (C=O) groups excluding carboxylic acids is 3.